The highest BCUT2D eigenvalue weighted by Crippen LogP contribution is 2.41. The second-order valence-electron chi connectivity index (χ2n) is 6.11. The molecule has 1 saturated carbocycles. The number of rotatable bonds is 5. The average Bonchev–Trinajstić information content (AvgIpc) is 3.11. The van der Waals surface area contributed by atoms with E-state index in [0.717, 1.165) is 12.5 Å². The smallest absolute Gasteiger partial charge is 0.0450 e. The Labute approximate surface area is 111 Å². The summed E-state index contributed by atoms with van der Waals surface area (Å²) in [4.78, 5) is 2.74. The summed E-state index contributed by atoms with van der Waals surface area (Å²) in [7, 11) is 0. The van der Waals surface area contributed by atoms with E-state index in [0.29, 0.717) is 11.3 Å². The number of hydrogen-bond acceptors (Lipinski definition) is 3. The van der Waals surface area contributed by atoms with Crippen LogP contribution in [0.2, 0.25) is 0 Å². The molecule has 2 unspecified atom stereocenters. The lowest BCUT2D eigenvalue weighted by Crippen LogP contribution is -2.63. The van der Waals surface area contributed by atoms with Crippen LogP contribution in [0.1, 0.15) is 46.5 Å². The number of thioether (sulfide) groups is 1. The summed E-state index contributed by atoms with van der Waals surface area (Å²) in [5, 5.41) is 0.683. The third kappa shape index (κ3) is 2.82. The lowest BCUT2D eigenvalue weighted by molar-refractivity contribution is 0.0466. The minimum Gasteiger partial charge on any atom is -0.329 e. The van der Waals surface area contributed by atoms with E-state index in [-0.39, 0.29) is 5.54 Å². The molecule has 0 aromatic heterocycles. The zero-order valence-electron chi connectivity index (χ0n) is 11.6. The fourth-order valence-corrected chi connectivity index (χ4v) is 4.57. The summed E-state index contributed by atoms with van der Waals surface area (Å²) in [5.41, 5.74) is 6.47. The molecule has 2 atom stereocenters. The van der Waals surface area contributed by atoms with Crippen LogP contribution in [0.5, 0.6) is 0 Å². The van der Waals surface area contributed by atoms with Crippen molar-refractivity contribution in [1.29, 1.82) is 0 Å². The molecule has 17 heavy (non-hydrogen) atoms. The van der Waals surface area contributed by atoms with Crippen LogP contribution in [0.4, 0.5) is 0 Å². The van der Waals surface area contributed by atoms with E-state index in [9.17, 15) is 0 Å². The molecule has 2 aliphatic rings. The molecule has 1 heterocycles. The van der Waals surface area contributed by atoms with E-state index in [4.69, 9.17) is 5.73 Å². The highest BCUT2D eigenvalue weighted by Gasteiger charge is 2.45. The van der Waals surface area contributed by atoms with E-state index in [2.05, 4.69) is 37.4 Å². The van der Waals surface area contributed by atoms with Gasteiger partial charge in [-0.3, -0.25) is 4.90 Å². The van der Waals surface area contributed by atoms with E-state index in [1.807, 2.05) is 0 Å². The molecule has 0 bridgehead atoms. The quantitative estimate of drug-likeness (QED) is 0.820. The van der Waals surface area contributed by atoms with Crippen LogP contribution in [0.3, 0.4) is 0 Å². The maximum absolute atomic E-state index is 6.21. The van der Waals surface area contributed by atoms with E-state index < -0.39 is 0 Å². The average molecular weight is 256 g/mol. The molecule has 1 aliphatic heterocycles. The van der Waals surface area contributed by atoms with Crippen LogP contribution in [0.25, 0.3) is 0 Å². The topological polar surface area (TPSA) is 29.3 Å². The van der Waals surface area contributed by atoms with Crippen molar-refractivity contribution in [2.24, 2.45) is 11.7 Å². The summed E-state index contributed by atoms with van der Waals surface area (Å²) in [6, 6.07) is 0.625. The van der Waals surface area contributed by atoms with Gasteiger partial charge in [0.25, 0.3) is 0 Å². The minimum absolute atomic E-state index is 0.264. The Kier molecular flexibility index (Phi) is 4.43. The first-order valence-corrected chi connectivity index (χ1v) is 8.23. The summed E-state index contributed by atoms with van der Waals surface area (Å²) in [5.74, 6) is 2.28. The minimum atomic E-state index is 0.264. The van der Waals surface area contributed by atoms with Crippen molar-refractivity contribution < 1.29 is 0 Å². The zero-order valence-corrected chi connectivity index (χ0v) is 12.4. The Balaban J connectivity index is 2.15. The molecular weight excluding hydrogens is 228 g/mol. The highest BCUT2D eigenvalue weighted by molar-refractivity contribution is 8.00. The summed E-state index contributed by atoms with van der Waals surface area (Å²) in [6.45, 7) is 9.17. The second-order valence-corrected chi connectivity index (χ2v) is 7.56. The first kappa shape index (κ1) is 13.7. The fourth-order valence-electron chi connectivity index (χ4n) is 3.24. The van der Waals surface area contributed by atoms with Gasteiger partial charge in [-0.15, -0.1) is 0 Å². The molecule has 3 heteroatoms. The number of nitrogens with two attached hydrogens (primary N) is 1. The molecule has 1 saturated heterocycles. The van der Waals surface area contributed by atoms with Crippen LogP contribution in [0, 0.1) is 5.92 Å². The lowest BCUT2D eigenvalue weighted by atomic mass is 9.86. The van der Waals surface area contributed by atoms with E-state index >= 15 is 0 Å². The van der Waals surface area contributed by atoms with Gasteiger partial charge in [-0.05, 0) is 51.2 Å². The first-order valence-electron chi connectivity index (χ1n) is 7.18. The fraction of sp³-hybridized carbons (Fsp3) is 1.00. The Bertz CT molecular complexity index is 253. The van der Waals surface area contributed by atoms with Crippen molar-refractivity contribution in [3.8, 4) is 0 Å². The third-order valence-corrected chi connectivity index (χ3v) is 6.04. The van der Waals surface area contributed by atoms with Crippen molar-refractivity contribution in [2.75, 3.05) is 18.8 Å². The standard InChI is InChI=1S/C14H28N2S/c1-11(2)16(9-13-5-6-13)14(10-15)7-4-8-17-12(14)3/h11-13H,4-10,15H2,1-3H3. The van der Waals surface area contributed by atoms with Crippen LogP contribution in [0.15, 0.2) is 0 Å². The molecule has 0 spiro atoms. The molecule has 0 amide bonds. The Morgan fingerprint density at radius 3 is 2.59 bits per heavy atom. The molecule has 2 rings (SSSR count). The van der Waals surface area contributed by atoms with Gasteiger partial charge in [0, 0.05) is 29.9 Å². The van der Waals surface area contributed by atoms with E-state index in [1.54, 1.807) is 0 Å². The summed E-state index contributed by atoms with van der Waals surface area (Å²) < 4.78 is 0. The Morgan fingerprint density at radius 1 is 1.41 bits per heavy atom. The highest BCUT2D eigenvalue weighted by atomic mass is 32.2. The van der Waals surface area contributed by atoms with Gasteiger partial charge in [0.2, 0.25) is 0 Å². The van der Waals surface area contributed by atoms with Crippen molar-refractivity contribution >= 4 is 11.8 Å². The maximum Gasteiger partial charge on any atom is 0.0450 e. The van der Waals surface area contributed by atoms with Crippen LogP contribution in [-0.2, 0) is 0 Å². The van der Waals surface area contributed by atoms with E-state index in [1.165, 1.54) is 38.0 Å². The third-order valence-electron chi connectivity index (χ3n) is 4.58. The van der Waals surface area contributed by atoms with Crippen LogP contribution >= 0.6 is 11.8 Å². The number of hydrogen-bond donors (Lipinski definition) is 1. The molecule has 0 radical (unpaired) electrons. The Morgan fingerprint density at radius 2 is 2.12 bits per heavy atom. The molecule has 100 valence electrons. The summed E-state index contributed by atoms with van der Waals surface area (Å²) >= 11 is 2.12. The first-order chi connectivity index (χ1) is 8.10. The molecule has 0 aromatic rings. The summed E-state index contributed by atoms with van der Waals surface area (Å²) in [6.07, 6.45) is 5.50. The van der Waals surface area contributed by atoms with Crippen molar-refractivity contribution in [2.45, 2.75) is 63.3 Å². The Hall–Kier alpha value is 0.270. The normalized spacial score (nSPS) is 34.6. The van der Waals surface area contributed by atoms with Crippen molar-refractivity contribution in [3.63, 3.8) is 0 Å². The second kappa shape index (κ2) is 5.50. The van der Waals surface area contributed by atoms with Gasteiger partial charge in [-0.2, -0.15) is 11.8 Å². The monoisotopic (exact) mass is 256 g/mol. The molecule has 2 N–H and O–H groups in total. The van der Waals surface area contributed by atoms with Gasteiger partial charge in [0.15, 0.2) is 0 Å². The predicted molar refractivity (Wildman–Crippen MR) is 77.5 cm³/mol. The zero-order chi connectivity index (χ0) is 12.5. The molecule has 2 nitrogen and oxygen atoms in total. The van der Waals surface area contributed by atoms with Gasteiger partial charge in [0.05, 0.1) is 0 Å². The largest absolute Gasteiger partial charge is 0.329 e. The maximum atomic E-state index is 6.21. The van der Waals surface area contributed by atoms with Crippen molar-refractivity contribution in [3.05, 3.63) is 0 Å². The number of nitrogens with zero attached hydrogens (tertiary/aromatic N) is 1. The molecule has 0 aromatic carbocycles. The van der Waals surface area contributed by atoms with Gasteiger partial charge in [-0.25, -0.2) is 0 Å². The molecular formula is C14H28N2S. The SMILES string of the molecule is CC(C)N(CC1CC1)C1(CN)CCCSC1C. The van der Waals surface area contributed by atoms with Gasteiger partial charge >= 0.3 is 0 Å². The molecule has 2 fully saturated rings. The van der Waals surface area contributed by atoms with Crippen LogP contribution < -0.4 is 5.73 Å². The van der Waals surface area contributed by atoms with Crippen molar-refractivity contribution in [1.82, 2.24) is 4.90 Å². The molecule has 1 aliphatic carbocycles. The van der Waals surface area contributed by atoms with Gasteiger partial charge in [-0.1, -0.05) is 6.92 Å². The van der Waals surface area contributed by atoms with Gasteiger partial charge in [0.1, 0.15) is 0 Å². The lowest BCUT2D eigenvalue weighted by Gasteiger charge is -2.51. The predicted octanol–water partition coefficient (Wildman–Crippen LogP) is 2.72. The van der Waals surface area contributed by atoms with Gasteiger partial charge < -0.3 is 5.73 Å². The van der Waals surface area contributed by atoms with Crippen LogP contribution in [-0.4, -0.2) is 40.6 Å².